The summed E-state index contributed by atoms with van der Waals surface area (Å²) in [6.45, 7) is 3.21. The van der Waals surface area contributed by atoms with Crippen LogP contribution >= 0.6 is 15.9 Å². The first-order chi connectivity index (χ1) is 10.0. The Balaban J connectivity index is 1.69. The van der Waals surface area contributed by atoms with Crippen LogP contribution in [0, 0.1) is 0 Å². The molecule has 0 aliphatic carbocycles. The summed E-state index contributed by atoms with van der Waals surface area (Å²) in [5.41, 5.74) is 0.541. The van der Waals surface area contributed by atoms with Crippen LogP contribution in [0.5, 0.6) is 0 Å². The minimum atomic E-state index is -0.877. The number of amides is 1. The van der Waals surface area contributed by atoms with Crippen molar-refractivity contribution in [3.8, 4) is 0 Å². The van der Waals surface area contributed by atoms with E-state index in [0.29, 0.717) is 50.1 Å². The SMILES string of the molecule is O=C1OCC(N2CCOC3(CCN(C(=O)O)CC3)C2)=C1Br. The van der Waals surface area contributed by atoms with Crippen LogP contribution < -0.4 is 0 Å². The highest BCUT2D eigenvalue weighted by Gasteiger charge is 2.42. The van der Waals surface area contributed by atoms with Crippen molar-refractivity contribution in [2.24, 2.45) is 0 Å². The van der Waals surface area contributed by atoms with Gasteiger partial charge in [0.2, 0.25) is 0 Å². The van der Waals surface area contributed by atoms with Crippen LogP contribution in [0.1, 0.15) is 12.8 Å². The standard InChI is InChI=1S/C13H17BrN2O5/c14-10-9(7-20-11(10)17)16-5-6-21-13(8-16)1-3-15(4-2-13)12(18)19/h1-8H2,(H,18,19). The van der Waals surface area contributed by atoms with Gasteiger partial charge in [0.1, 0.15) is 11.1 Å². The number of carbonyl (C=O) groups excluding carboxylic acids is 1. The third kappa shape index (κ3) is 2.74. The number of halogens is 1. The van der Waals surface area contributed by atoms with Crippen LogP contribution in [0.25, 0.3) is 0 Å². The molecule has 0 unspecified atom stereocenters. The van der Waals surface area contributed by atoms with Crippen LogP contribution in [0.3, 0.4) is 0 Å². The normalized spacial score (nSPS) is 25.5. The van der Waals surface area contributed by atoms with Crippen LogP contribution in [-0.4, -0.2) is 72.0 Å². The van der Waals surface area contributed by atoms with Crippen molar-refractivity contribution < 1.29 is 24.2 Å². The molecule has 0 radical (unpaired) electrons. The zero-order chi connectivity index (χ0) is 15.0. The molecule has 3 rings (SSSR count). The number of hydrogen-bond acceptors (Lipinski definition) is 5. The average Bonchev–Trinajstić information content (AvgIpc) is 2.80. The van der Waals surface area contributed by atoms with Gasteiger partial charge in [0.15, 0.2) is 0 Å². The fraction of sp³-hybridized carbons (Fsp3) is 0.692. The van der Waals surface area contributed by atoms with Crippen LogP contribution in [0.2, 0.25) is 0 Å². The lowest BCUT2D eigenvalue weighted by Gasteiger charge is -2.47. The van der Waals surface area contributed by atoms with Crippen molar-refractivity contribution >= 4 is 28.0 Å². The predicted octanol–water partition coefficient (Wildman–Crippen LogP) is 0.994. The highest BCUT2D eigenvalue weighted by atomic mass is 79.9. The molecular formula is C13H17BrN2O5. The van der Waals surface area contributed by atoms with Crippen molar-refractivity contribution in [1.82, 2.24) is 9.80 Å². The number of likely N-dealkylation sites (tertiary alicyclic amines) is 1. The molecule has 21 heavy (non-hydrogen) atoms. The van der Waals surface area contributed by atoms with Gasteiger partial charge in [-0.2, -0.15) is 0 Å². The molecule has 3 aliphatic heterocycles. The zero-order valence-electron chi connectivity index (χ0n) is 11.5. The Labute approximate surface area is 130 Å². The molecule has 2 saturated heterocycles. The molecule has 1 spiro atoms. The van der Waals surface area contributed by atoms with Gasteiger partial charge in [-0.05, 0) is 28.8 Å². The number of ether oxygens (including phenoxy) is 2. The highest BCUT2D eigenvalue weighted by Crippen LogP contribution is 2.34. The predicted molar refractivity (Wildman–Crippen MR) is 76.0 cm³/mol. The van der Waals surface area contributed by atoms with Gasteiger partial charge in [-0.25, -0.2) is 9.59 Å². The van der Waals surface area contributed by atoms with Crippen molar-refractivity contribution in [1.29, 1.82) is 0 Å². The first kappa shape index (κ1) is 14.6. The maximum Gasteiger partial charge on any atom is 0.407 e. The largest absolute Gasteiger partial charge is 0.465 e. The molecule has 0 aromatic heterocycles. The lowest BCUT2D eigenvalue weighted by Crippen LogP contribution is -2.57. The number of carbonyl (C=O) groups is 2. The highest BCUT2D eigenvalue weighted by molar-refractivity contribution is 9.12. The van der Waals surface area contributed by atoms with E-state index in [9.17, 15) is 9.59 Å². The van der Waals surface area contributed by atoms with E-state index in [2.05, 4.69) is 20.8 Å². The first-order valence-electron chi connectivity index (χ1n) is 6.93. The minimum Gasteiger partial charge on any atom is -0.465 e. The van der Waals surface area contributed by atoms with E-state index >= 15 is 0 Å². The second-order valence-electron chi connectivity index (χ2n) is 5.56. The molecular weight excluding hydrogens is 344 g/mol. The maximum atomic E-state index is 11.5. The molecule has 3 aliphatic rings. The van der Waals surface area contributed by atoms with Gasteiger partial charge >= 0.3 is 12.1 Å². The number of rotatable bonds is 1. The van der Waals surface area contributed by atoms with Crippen molar-refractivity contribution in [3.63, 3.8) is 0 Å². The average molecular weight is 361 g/mol. The first-order valence-corrected chi connectivity index (χ1v) is 7.73. The zero-order valence-corrected chi connectivity index (χ0v) is 13.1. The maximum absolute atomic E-state index is 11.5. The molecule has 7 nitrogen and oxygen atoms in total. The van der Waals surface area contributed by atoms with Crippen molar-refractivity contribution in [2.75, 3.05) is 39.4 Å². The van der Waals surface area contributed by atoms with Gasteiger partial charge in [0.25, 0.3) is 0 Å². The molecule has 2 fully saturated rings. The van der Waals surface area contributed by atoms with E-state index in [4.69, 9.17) is 14.6 Å². The van der Waals surface area contributed by atoms with E-state index in [-0.39, 0.29) is 18.2 Å². The van der Waals surface area contributed by atoms with E-state index in [0.717, 1.165) is 5.70 Å². The van der Waals surface area contributed by atoms with Gasteiger partial charge < -0.3 is 24.4 Å². The summed E-state index contributed by atoms with van der Waals surface area (Å²) < 4.78 is 11.5. The monoisotopic (exact) mass is 360 g/mol. The van der Waals surface area contributed by atoms with E-state index in [1.54, 1.807) is 0 Å². The molecule has 116 valence electrons. The van der Waals surface area contributed by atoms with Crippen LogP contribution in [0.4, 0.5) is 4.79 Å². The lowest BCUT2D eigenvalue weighted by molar-refractivity contribution is -0.136. The molecule has 1 N–H and O–H groups in total. The Morgan fingerprint density at radius 3 is 2.57 bits per heavy atom. The molecule has 0 saturated carbocycles. The molecule has 0 bridgehead atoms. The third-order valence-corrected chi connectivity index (χ3v) is 5.13. The number of piperidine rings is 1. The number of morpholine rings is 1. The second kappa shape index (κ2) is 5.49. The molecule has 0 atom stereocenters. The summed E-state index contributed by atoms with van der Waals surface area (Å²) in [6, 6.07) is 0. The summed E-state index contributed by atoms with van der Waals surface area (Å²) in [5.74, 6) is -0.328. The van der Waals surface area contributed by atoms with E-state index in [1.165, 1.54) is 4.90 Å². The smallest absolute Gasteiger partial charge is 0.407 e. The van der Waals surface area contributed by atoms with Crippen LogP contribution in [0.15, 0.2) is 10.2 Å². The van der Waals surface area contributed by atoms with Gasteiger partial charge in [-0.3, -0.25) is 0 Å². The van der Waals surface area contributed by atoms with Crippen molar-refractivity contribution in [2.45, 2.75) is 18.4 Å². The molecule has 1 amide bonds. The molecule has 0 aromatic carbocycles. The van der Waals surface area contributed by atoms with Gasteiger partial charge in [-0.1, -0.05) is 0 Å². The molecule has 0 aromatic rings. The Morgan fingerprint density at radius 2 is 2.00 bits per heavy atom. The fourth-order valence-corrected chi connectivity index (χ4v) is 3.57. The number of nitrogens with zero attached hydrogens (tertiary/aromatic N) is 2. The Hall–Kier alpha value is -1.28. The Kier molecular flexibility index (Phi) is 3.83. The summed E-state index contributed by atoms with van der Waals surface area (Å²) >= 11 is 3.28. The van der Waals surface area contributed by atoms with E-state index in [1.807, 2.05) is 0 Å². The van der Waals surface area contributed by atoms with Crippen molar-refractivity contribution in [3.05, 3.63) is 10.2 Å². The van der Waals surface area contributed by atoms with Gasteiger partial charge in [0, 0.05) is 26.2 Å². The number of cyclic esters (lactones) is 1. The molecule has 8 heteroatoms. The van der Waals surface area contributed by atoms with Gasteiger partial charge in [0.05, 0.1) is 17.9 Å². The quantitative estimate of drug-likeness (QED) is 0.702. The Bertz CT molecular complexity index is 499. The van der Waals surface area contributed by atoms with E-state index < -0.39 is 6.09 Å². The van der Waals surface area contributed by atoms with Crippen LogP contribution in [-0.2, 0) is 14.3 Å². The summed E-state index contributed by atoms with van der Waals surface area (Å²) in [7, 11) is 0. The molecule has 3 heterocycles. The second-order valence-corrected chi connectivity index (χ2v) is 6.35. The number of hydrogen-bond donors (Lipinski definition) is 1. The minimum absolute atomic E-state index is 0.288. The summed E-state index contributed by atoms with van der Waals surface area (Å²) in [6.07, 6.45) is 0.475. The number of carboxylic acid groups (broad SMARTS) is 1. The fourth-order valence-electron chi connectivity index (χ4n) is 3.09. The number of esters is 1. The third-order valence-electron chi connectivity index (χ3n) is 4.35. The topological polar surface area (TPSA) is 79.3 Å². The summed E-state index contributed by atoms with van der Waals surface area (Å²) in [5, 5.41) is 9.02. The lowest BCUT2D eigenvalue weighted by atomic mass is 9.89. The Morgan fingerprint density at radius 1 is 1.29 bits per heavy atom. The van der Waals surface area contributed by atoms with Gasteiger partial charge in [-0.15, -0.1) is 0 Å². The summed E-state index contributed by atoms with van der Waals surface area (Å²) in [4.78, 5) is 26.0.